The van der Waals surface area contributed by atoms with Crippen LogP contribution in [0.1, 0.15) is 19.3 Å². The summed E-state index contributed by atoms with van der Waals surface area (Å²) in [6.07, 6.45) is 2.04. The third-order valence-electron chi connectivity index (χ3n) is 3.19. The van der Waals surface area contributed by atoms with Crippen LogP contribution in [-0.4, -0.2) is 47.8 Å². The Morgan fingerprint density at radius 1 is 1.69 bits per heavy atom. The lowest BCUT2D eigenvalue weighted by atomic mass is 9.93. The van der Waals surface area contributed by atoms with Gasteiger partial charge in [-0.2, -0.15) is 0 Å². The van der Waals surface area contributed by atoms with Crippen LogP contribution >= 0.6 is 0 Å². The minimum absolute atomic E-state index is 0.179. The summed E-state index contributed by atoms with van der Waals surface area (Å²) < 4.78 is 4.80. The summed E-state index contributed by atoms with van der Waals surface area (Å²) >= 11 is 0. The fourth-order valence-corrected chi connectivity index (χ4v) is 2.64. The van der Waals surface area contributed by atoms with E-state index in [4.69, 9.17) is 4.74 Å². The number of aliphatic hydroxyl groups is 1. The Balaban J connectivity index is 2.23. The molecule has 0 spiro atoms. The SMILES string of the molecule is COC(=O)[C@]12CCCN1C[C@@H](O)C2. The van der Waals surface area contributed by atoms with Crippen LogP contribution in [0, 0.1) is 0 Å². The predicted octanol–water partition coefficient (Wildman–Crippen LogP) is -0.241. The molecule has 0 aromatic rings. The second-order valence-electron chi connectivity index (χ2n) is 3.93. The zero-order chi connectivity index (χ0) is 9.47. The van der Waals surface area contributed by atoms with E-state index in [9.17, 15) is 9.90 Å². The van der Waals surface area contributed by atoms with Crippen molar-refractivity contribution in [2.24, 2.45) is 0 Å². The topological polar surface area (TPSA) is 49.8 Å². The van der Waals surface area contributed by atoms with Crippen molar-refractivity contribution in [3.05, 3.63) is 0 Å². The maximum absolute atomic E-state index is 11.6. The van der Waals surface area contributed by atoms with Crippen molar-refractivity contribution >= 4 is 5.97 Å². The van der Waals surface area contributed by atoms with Crippen LogP contribution in [0.4, 0.5) is 0 Å². The first kappa shape index (κ1) is 8.97. The van der Waals surface area contributed by atoms with Crippen LogP contribution in [0.5, 0.6) is 0 Å². The number of β-amino-alcohol motifs (C(OH)–C–C–N with tert-alkyl or cyclic N) is 1. The number of hydrogen-bond acceptors (Lipinski definition) is 4. The van der Waals surface area contributed by atoms with E-state index in [1.807, 2.05) is 0 Å². The molecule has 0 amide bonds. The van der Waals surface area contributed by atoms with Gasteiger partial charge in [-0.05, 0) is 19.4 Å². The highest BCUT2D eigenvalue weighted by atomic mass is 16.5. The summed E-state index contributed by atoms with van der Waals surface area (Å²) in [4.78, 5) is 13.6. The molecule has 2 saturated heterocycles. The number of fused-ring (bicyclic) bond motifs is 1. The number of rotatable bonds is 1. The lowest BCUT2D eigenvalue weighted by molar-refractivity contribution is -0.151. The molecular weight excluding hydrogens is 170 g/mol. The quantitative estimate of drug-likeness (QED) is 0.573. The molecule has 4 heteroatoms. The monoisotopic (exact) mass is 185 g/mol. The normalized spacial score (nSPS) is 39.1. The second-order valence-corrected chi connectivity index (χ2v) is 3.93. The second kappa shape index (κ2) is 2.96. The van der Waals surface area contributed by atoms with Gasteiger partial charge in [-0.15, -0.1) is 0 Å². The first-order chi connectivity index (χ1) is 6.19. The van der Waals surface area contributed by atoms with Gasteiger partial charge in [0.25, 0.3) is 0 Å². The minimum Gasteiger partial charge on any atom is -0.468 e. The average molecular weight is 185 g/mol. The molecular formula is C9H15NO3. The van der Waals surface area contributed by atoms with Crippen LogP contribution in [0.2, 0.25) is 0 Å². The Bertz CT molecular complexity index is 231. The number of ether oxygens (including phenoxy) is 1. The summed E-state index contributed by atoms with van der Waals surface area (Å²) in [5.74, 6) is -0.179. The highest BCUT2D eigenvalue weighted by molar-refractivity contribution is 5.81. The van der Waals surface area contributed by atoms with Gasteiger partial charge in [0.15, 0.2) is 0 Å². The first-order valence-corrected chi connectivity index (χ1v) is 4.70. The van der Waals surface area contributed by atoms with E-state index in [2.05, 4.69) is 4.90 Å². The Hall–Kier alpha value is -0.610. The zero-order valence-electron chi connectivity index (χ0n) is 7.82. The van der Waals surface area contributed by atoms with E-state index < -0.39 is 5.54 Å². The molecule has 2 aliphatic rings. The molecule has 0 unspecified atom stereocenters. The molecule has 4 nitrogen and oxygen atoms in total. The molecule has 0 radical (unpaired) electrons. The molecule has 1 N–H and O–H groups in total. The molecule has 74 valence electrons. The van der Waals surface area contributed by atoms with Crippen molar-refractivity contribution in [1.82, 2.24) is 4.90 Å². The molecule has 0 aliphatic carbocycles. The summed E-state index contributed by atoms with van der Waals surface area (Å²) in [7, 11) is 1.41. The lowest BCUT2D eigenvalue weighted by Crippen LogP contribution is -2.46. The number of esters is 1. The Labute approximate surface area is 77.5 Å². The Morgan fingerprint density at radius 3 is 3.15 bits per heavy atom. The fourth-order valence-electron chi connectivity index (χ4n) is 2.64. The van der Waals surface area contributed by atoms with Crippen molar-refractivity contribution < 1.29 is 14.6 Å². The van der Waals surface area contributed by atoms with Gasteiger partial charge in [-0.3, -0.25) is 9.69 Å². The van der Waals surface area contributed by atoms with Gasteiger partial charge in [0.2, 0.25) is 0 Å². The zero-order valence-corrected chi connectivity index (χ0v) is 7.82. The third kappa shape index (κ3) is 1.16. The van der Waals surface area contributed by atoms with E-state index in [1.165, 1.54) is 7.11 Å². The summed E-state index contributed by atoms with van der Waals surface area (Å²) in [6.45, 7) is 1.53. The van der Waals surface area contributed by atoms with Crippen molar-refractivity contribution in [1.29, 1.82) is 0 Å². The summed E-state index contributed by atoms with van der Waals surface area (Å²) in [5, 5.41) is 9.50. The number of methoxy groups -OCH3 is 1. The summed E-state index contributed by atoms with van der Waals surface area (Å²) in [6, 6.07) is 0. The van der Waals surface area contributed by atoms with Gasteiger partial charge in [-0.25, -0.2) is 0 Å². The highest BCUT2D eigenvalue weighted by Crippen LogP contribution is 2.39. The summed E-state index contributed by atoms with van der Waals surface area (Å²) in [5.41, 5.74) is -0.492. The van der Waals surface area contributed by atoms with Gasteiger partial charge in [-0.1, -0.05) is 0 Å². The Kier molecular flexibility index (Phi) is 2.04. The molecule has 2 rings (SSSR count). The first-order valence-electron chi connectivity index (χ1n) is 4.70. The largest absolute Gasteiger partial charge is 0.468 e. The van der Waals surface area contributed by atoms with Crippen molar-refractivity contribution in [3.63, 3.8) is 0 Å². The van der Waals surface area contributed by atoms with Gasteiger partial charge >= 0.3 is 5.97 Å². The maximum Gasteiger partial charge on any atom is 0.326 e. The third-order valence-corrected chi connectivity index (χ3v) is 3.19. The van der Waals surface area contributed by atoms with E-state index in [1.54, 1.807) is 0 Å². The number of aliphatic hydroxyl groups excluding tert-OH is 1. The molecule has 0 aromatic carbocycles. The molecule has 0 bridgehead atoms. The molecule has 2 heterocycles. The molecule has 2 aliphatic heterocycles. The molecule has 2 atom stereocenters. The van der Waals surface area contributed by atoms with Crippen molar-refractivity contribution in [2.75, 3.05) is 20.2 Å². The van der Waals surface area contributed by atoms with Crippen LogP contribution in [0.15, 0.2) is 0 Å². The predicted molar refractivity (Wildman–Crippen MR) is 46.2 cm³/mol. The van der Waals surface area contributed by atoms with Crippen LogP contribution in [0.3, 0.4) is 0 Å². The number of hydrogen-bond donors (Lipinski definition) is 1. The number of carbonyl (C=O) groups excluding carboxylic acids is 1. The van der Waals surface area contributed by atoms with Crippen LogP contribution < -0.4 is 0 Å². The van der Waals surface area contributed by atoms with Gasteiger partial charge < -0.3 is 9.84 Å². The molecule has 2 fully saturated rings. The molecule has 13 heavy (non-hydrogen) atoms. The maximum atomic E-state index is 11.6. The van der Waals surface area contributed by atoms with Crippen LogP contribution in [-0.2, 0) is 9.53 Å². The molecule has 0 aromatic heterocycles. The van der Waals surface area contributed by atoms with Gasteiger partial charge in [0.05, 0.1) is 13.2 Å². The van der Waals surface area contributed by atoms with Crippen LogP contribution in [0.25, 0.3) is 0 Å². The van der Waals surface area contributed by atoms with E-state index >= 15 is 0 Å². The standard InChI is InChI=1S/C9H15NO3/c1-13-8(12)9-3-2-4-10(9)6-7(11)5-9/h7,11H,2-6H2,1H3/t7-,9+/m0/s1. The average Bonchev–Trinajstić information content (AvgIpc) is 2.59. The van der Waals surface area contributed by atoms with Gasteiger partial charge in [0, 0.05) is 13.0 Å². The van der Waals surface area contributed by atoms with E-state index in [0.29, 0.717) is 13.0 Å². The lowest BCUT2D eigenvalue weighted by Gasteiger charge is -2.27. The fraction of sp³-hybridized carbons (Fsp3) is 0.889. The van der Waals surface area contributed by atoms with E-state index in [0.717, 1.165) is 19.4 Å². The van der Waals surface area contributed by atoms with Crippen molar-refractivity contribution in [2.45, 2.75) is 30.9 Å². The molecule has 0 saturated carbocycles. The highest BCUT2D eigenvalue weighted by Gasteiger charge is 2.54. The number of carbonyl (C=O) groups is 1. The number of nitrogens with zero attached hydrogens (tertiary/aromatic N) is 1. The van der Waals surface area contributed by atoms with Crippen molar-refractivity contribution in [3.8, 4) is 0 Å². The Morgan fingerprint density at radius 2 is 2.46 bits per heavy atom. The van der Waals surface area contributed by atoms with Gasteiger partial charge in [0.1, 0.15) is 5.54 Å². The smallest absolute Gasteiger partial charge is 0.326 e. The minimum atomic E-state index is -0.492. The van der Waals surface area contributed by atoms with E-state index in [-0.39, 0.29) is 12.1 Å².